The average Bonchev–Trinajstić information content (AvgIpc) is 3.61. The first-order valence-corrected chi connectivity index (χ1v) is 20.1. The predicted molar refractivity (Wildman–Crippen MR) is 228 cm³/mol. The van der Waals surface area contributed by atoms with Gasteiger partial charge in [0.05, 0.1) is 5.41 Å². The molecule has 2 aliphatic carbocycles. The molecule has 0 aliphatic heterocycles. The van der Waals surface area contributed by atoms with Crippen molar-refractivity contribution in [2.45, 2.75) is 11.8 Å². The van der Waals surface area contributed by atoms with Crippen molar-refractivity contribution in [3.05, 3.63) is 219 Å². The third-order valence-electron chi connectivity index (χ3n) is 9.01. The molecule has 0 atom stereocenters. The van der Waals surface area contributed by atoms with Gasteiger partial charge in [-0.15, -0.1) is 0 Å². The molecule has 0 fully saturated rings. The molecule has 0 radical (unpaired) electrons. The minimum absolute atomic E-state index is 0.333. The van der Waals surface area contributed by atoms with E-state index in [1.165, 1.54) is 59.2 Å². The van der Waals surface area contributed by atoms with E-state index in [-0.39, 0.29) is 5.41 Å². The summed E-state index contributed by atoms with van der Waals surface area (Å²) < 4.78 is 5.81. The van der Waals surface area contributed by atoms with Crippen molar-refractivity contribution in [3.63, 3.8) is 0 Å². The fraction of sp³-hybridized carbons (Fsp3) is 0.0455. The maximum absolute atomic E-state index is 3.71. The van der Waals surface area contributed by atoms with Crippen LogP contribution in [0.15, 0.2) is 182 Å². The van der Waals surface area contributed by atoms with Crippen LogP contribution in [0.5, 0.6) is 0 Å². The first-order valence-electron chi connectivity index (χ1n) is 15.8. The van der Waals surface area contributed by atoms with Gasteiger partial charge in [0.15, 0.2) is 0 Å². The molecule has 0 aromatic heterocycles. The number of halogens is 5. The maximum Gasteiger partial charge on any atom is 0.0714 e. The standard InChI is InChI=1S/C25H16Br2.C13H8Br2.C6H5I/c26-19-11-13-21-22-14-12-20(27)16-24(22)25(23(21)15-19,17-7-3-1-4-8-17)18-9-5-2-6-10-18;14-10-1-3-12-8(6-10)5-9-7-11(15)2-4-13(9)12;7-6-4-2-1-3-5-6/h1-16H;1-4,6-7H,5H2;1-5H. The lowest BCUT2D eigenvalue weighted by Crippen LogP contribution is -2.28. The van der Waals surface area contributed by atoms with Crippen molar-refractivity contribution in [1.29, 1.82) is 0 Å². The summed E-state index contributed by atoms with van der Waals surface area (Å²) >= 11 is 16.7. The van der Waals surface area contributed by atoms with Crippen LogP contribution in [0.25, 0.3) is 22.3 Å². The lowest BCUT2D eigenvalue weighted by Gasteiger charge is -2.34. The summed E-state index contributed by atoms with van der Waals surface area (Å²) in [6.07, 6.45) is 1.05. The summed E-state index contributed by atoms with van der Waals surface area (Å²) in [7, 11) is 0. The second-order valence-electron chi connectivity index (χ2n) is 11.9. The Labute approximate surface area is 335 Å². The minimum Gasteiger partial charge on any atom is -0.0622 e. The number of hydrogen-bond donors (Lipinski definition) is 0. The van der Waals surface area contributed by atoms with E-state index in [1.807, 2.05) is 18.2 Å². The zero-order valence-electron chi connectivity index (χ0n) is 26.2. The van der Waals surface area contributed by atoms with Crippen molar-refractivity contribution in [1.82, 2.24) is 0 Å². The van der Waals surface area contributed by atoms with E-state index >= 15 is 0 Å². The van der Waals surface area contributed by atoms with Crippen molar-refractivity contribution >= 4 is 86.3 Å². The second-order valence-corrected chi connectivity index (χ2v) is 16.8. The van der Waals surface area contributed by atoms with Gasteiger partial charge < -0.3 is 0 Å². The fourth-order valence-electron chi connectivity index (χ4n) is 7.00. The second kappa shape index (κ2) is 15.2. The lowest BCUT2D eigenvalue weighted by molar-refractivity contribution is 0.767. The predicted octanol–water partition coefficient (Wildman–Crippen LogP) is 14.6. The molecule has 0 N–H and O–H groups in total. The molecule has 7 aromatic carbocycles. The molecular weight excluding hydrogens is 975 g/mol. The Bertz CT molecular complexity index is 2110. The molecule has 49 heavy (non-hydrogen) atoms. The van der Waals surface area contributed by atoms with Gasteiger partial charge in [0.1, 0.15) is 0 Å². The van der Waals surface area contributed by atoms with Crippen LogP contribution in [0, 0.1) is 3.57 Å². The Hall–Kier alpha value is -2.81. The number of fused-ring (bicyclic) bond motifs is 6. The quantitative estimate of drug-likeness (QED) is 0.151. The fourth-order valence-corrected chi connectivity index (χ4v) is 8.95. The molecule has 0 heterocycles. The average molecular weight is 1000 g/mol. The smallest absolute Gasteiger partial charge is 0.0622 e. The summed E-state index contributed by atoms with van der Waals surface area (Å²) in [5.41, 5.74) is 13.1. The lowest BCUT2D eigenvalue weighted by atomic mass is 9.68. The molecule has 9 rings (SSSR count). The van der Waals surface area contributed by atoms with Gasteiger partial charge >= 0.3 is 0 Å². The highest BCUT2D eigenvalue weighted by Crippen LogP contribution is 2.57. The van der Waals surface area contributed by atoms with Crippen molar-refractivity contribution in [2.24, 2.45) is 0 Å². The molecule has 0 nitrogen and oxygen atoms in total. The van der Waals surface area contributed by atoms with E-state index in [4.69, 9.17) is 0 Å². The van der Waals surface area contributed by atoms with Crippen LogP contribution in [-0.4, -0.2) is 0 Å². The van der Waals surface area contributed by atoms with Gasteiger partial charge in [0.25, 0.3) is 0 Å². The summed E-state index contributed by atoms with van der Waals surface area (Å²) in [4.78, 5) is 0. The third-order valence-corrected chi connectivity index (χ3v) is 11.7. The Kier molecular flexibility index (Phi) is 10.7. The monoisotopic (exact) mass is 1000 g/mol. The van der Waals surface area contributed by atoms with E-state index in [0.717, 1.165) is 24.3 Å². The zero-order chi connectivity index (χ0) is 34.0. The molecule has 7 aromatic rings. The first kappa shape index (κ1) is 34.6. The van der Waals surface area contributed by atoms with Crippen LogP contribution in [0.4, 0.5) is 0 Å². The Morgan fingerprint density at radius 3 is 1.10 bits per heavy atom. The number of benzene rings is 7. The number of rotatable bonds is 2. The normalized spacial score (nSPS) is 12.7. The van der Waals surface area contributed by atoms with Gasteiger partial charge in [-0.05, 0) is 145 Å². The van der Waals surface area contributed by atoms with Crippen LogP contribution in [0.3, 0.4) is 0 Å². The minimum atomic E-state index is -0.333. The Morgan fingerprint density at radius 2 is 0.735 bits per heavy atom. The molecule has 0 unspecified atom stereocenters. The molecule has 2 aliphatic rings. The topological polar surface area (TPSA) is 0 Å². The zero-order valence-corrected chi connectivity index (χ0v) is 34.7. The summed E-state index contributed by atoms with van der Waals surface area (Å²) in [6, 6.07) is 58.2. The largest absolute Gasteiger partial charge is 0.0714 e. The highest BCUT2D eigenvalue weighted by atomic mass is 127. The maximum atomic E-state index is 3.71. The van der Waals surface area contributed by atoms with Gasteiger partial charge in [-0.3, -0.25) is 0 Å². The van der Waals surface area contributed by atoms with Crippen LogP contribution in [-0.2, 0) is 11.8 Å². The van der Waals surface area contributed by atoms with Crippen LogP contribution >= 0.6 is 86.3 Å². The van der Waals surface area contributed by atoms with Gasteiger partial charge in [0.2, 0.25) is 0 Å². The Morgan fingerprint density at radius 1 is 0.388 bits per heavy atom. The summed E-state index contributed by atoms with van der Waals surface area (Å²) in [5, 5.41) is 0. The third kappa shape index (κ3) is 7.07. The summed E-state index contributed by atoms with van der Waals surface area (Å²) in [6.45, 7) is 0. The molecule has 0 saturated carbocycles. The van der Waals surface area contributed by atoms with Gasteiger partial charge in [-0.2, -0.15) is 0 Å². The number of hydrogen-bond acceptors (Lipinski definition) is 0. The molecule has 240 valence electrons. The summed E-state index contributed by atoms with van der Waals surface area (Å²) in [5.74, 6) is 0. The van der Waals surface area contributed by atoms with Gasteiger partial charge in [-0.25, -0.2) is 0 Å². The molecule has 0 saturated heterocycles. The van der Waals surface area contributed by atoms with Crippen molar-refractivity contribution in [2.75, 3.05) is 0 Å². The highest BCUT2D eigenvalue weighted by Gasteiger charge is 2.46. The van der Waals surface area contributed by atoms with Crippen LogP contribution in [0.2, 0.25) is 0 Å². The van der Waals surface area contributed by atoms with E-state index < -0.39 is 0 Å². The van der Waals surface area contributed by atoms with Crippen molar-refractivity contribution in [3.8, 4) is 22.3 Å². The van der Waals surface area contributed by atoms with Crippen LogP contribution < -0.4 is 0 Å². The van der Waals surface area contributed by atoms with Crippen molar-refractivity contribution < 1.29 is 0 Å². The Balaban J connectivity index is 0.000000143. The highest BCUT2D eigenvalue weighted by molar-refractivity contribution is 14.1. The van der Waals surface area contributed by atoms with E-state index in [0.29, 0.717) is 0 Å². The van der Waals surface area contributed by atoms with Crippen LogP contribution in [0.1, 0.15) is 33.4 Å². The molecule has 0 spiro atoms. The molecule has 0 amide bonds. The van der Waals surface area contributed by atoms with E-state index in [1.54, 1.807) is 0 Å². The van der Waals surface area contributed by atoms with Gasteiger partial charge in [0, 0.05) is 21.5 Å². The SMILES string of the molecule is Brc1ccc2c(c1)C(c1ccccc1)(c1ccccc1)c1cc(Br)ccc1-2.Brc1ccc2c(c1)Cc1cc(Br)ccc1-2.Ic1ccccc1. The van der Waals surface area contributed by atoms with Gasteiger partial charge in [-0.1, -0.05) is 167 Å². The first-order chi connectivity index (χ1) is 23.8. The van der Waals surface area contributed by atoms with E-state index in [2.05, 4.69) is 232 Å². The molecule has 0 bridgehead atoms. The van der Waals surface area contributed by atoms with E-state index in [9.17, 15) is 0 Å². The molecular formula is C44H29Br4I. The molecule has 5 heteroatoms.